The lowest BCUT2D eigenvalue weighted by Gasteiger charge is -2.24. The van der Waals surface area contributed by atoms with E-state index in [2.05, 4.69) is 4.99 Å². The molecule has 3 rings (SSSR count). The SMILES string of the molecule is COc1ccc(CN2C(=O)CC[C@H]2C(N)=NCc2ccc(O)cc2)cc1. The summed E-state index contributed by atoms with van der Waals surface area (Å²) in [5, 5.41) is 9.33. The number of hydrogen-bond acceptors (Lipinski definition) is 4. The van der Waals surface area contributed by atoms with Crippen LogP contribution in [0.4, 0.5) is 0 Å². The number of aliphatic imine (C=N–C) groups is 1. The van der Waals surface area contributed by atoms with Gasteiger partial charge in [0.25, 0.3) is 0 Å². The number of phenols is 1. The Morgan fingerprint density at radius 2 is 1.85 bits per heavy atom. The van der Waals surface area contributed by atoms with Crippen molar-refractivity contribution in [3.05, 3.63) is 59.7 Å². The molecule has 2 aromatic rings. The molecule has 2 aromatic carbocycles. The number of phenolic OH excluding ortho intramolecular Hbond substituents is 1. The normalized spacial score (nSPS) is 17.6. The van der Waals surface area contributed by atoms with Crippen LogP contribution in [0.3, 0.4) is 0 Å². The molecular weight excluding hydrogens is 330 g/mol. The highest BCUT2D eigenvalue weighted by Gasteiger charge is 2.33. The molecule has 1 saturated heterocycles. The van der Waals surface area contributed by atoms with Gasteiger partial charge in [-0.3, -0.25) is 9.79 Å². The van der Waals surface area contributed by atoms with Gasteiger partial charge in [0.1, 0.15) is 17.3 Å². The lowest BCUT2D eigenvalue weighted by Crippen LogP contribution is -2.42. The molecule has 0 aliphatic carbocycles. The number of aromatic hydroxyl groups is 1. The molecule has 3 N–H and O–H groups in total. The second-order valence-corrected chi connectivity index (χ2v) is 6.33. The van der Waals surface area contributed by atoms with Gasteiger partial charge in [-0.1, -0.05) is 24.3 Å². The molecule has 1 fully saturated rings. The van der Waals surface area contributed by atoms with E-state index in [0.717, 1.165) is 16.9 Å². The summed E-state index contributed by atoms with van der Waals surface area (Å²) in [7, 11) is 1.63. The van der Waals surface area contributed by atoms with E-state index in [1.807, 2.05) is 24.3 Å². The minimum atomic E-state index is -0.179. The number of nitrogens with zero attached hydrogens (tertiary/aromatic N) is 2. The lowest BCUT2D eigenvalue weighted by molar-refractivity contribution is -0.128. The van der Waals surface area contributed by atoms with Crippen molar-refractivity contribution in [1.29, 1.82) is 0 Å². The van der Waals surface area contributed by atoms with Gasteiger partial charge in [0, 0.05) is 13.0 Å². The average Bonchev–Trinajstić information content (AvgIpc) is 3.02. The third-order valence-corrected chi connectivity index (χ3v) is 4.56. The highest BCUT2D eigenvalue weighted by molar-refractivity contribution is 5.93. The average molecular weight is 353 g/mol. The first kappa shape index (κ1) is 17.8. The molecule has 0 saturated carbocycles. The molecule has 6 heteroatoms. The molecule has 1 heterocycles. The lowest BCUT2D eigenvalue weighted by atomic mass is 10.1. The number of hydrogen-bond donors (Lipinski definition) is 2. The van der Waals surface area contributed by atoms with E-state index in [1.165, 1.54) is 0 Å². The summed E-state index contributed by atoms with van der Waals surface area (Å²) in [4.78, 5) is 18.5. The first-order valence-corrected chi connectivity index (χ1v) is 8.57. The van der Waals surface area contributed by atoms with Crippen LogP contribution in [0.15, 0.2) is 53.5 Å². The molecule has 136 valence electrons. The highest BCUT2D eigenvalue weighted by atomic mass is 16.5. The first-order valence-electron chi connectivity index (χ1n) is 8.57. The van der Waals surface area contributed by atoms with Gasteiger partial charge < -0.3 is 20.5 Å². The molecule has 1 aliphatic rings. The van der Waals surface area contributed by atoms with Gasteiger partial charge in [-0.05, 0) is 41.8 Å². The van der Waals surface area contributed by atoms with Crippen LogP contribution >= 0.6 is 0 Å². The molecule has 26 heavy (non-hydrogen) atoms. The predicted octanol–water partition coefficient (Wildman–Crippen LogP) is 2.45. The largest absolute Gasteiger partial charge is 0.508 e. The predicted molar refractivity (Wildman–Crippen MR) is 100.0 cm³/mol. The van der Waals surface area contributed by atoms with Gasteiger partial charge in [-0.2, -0.15) is 0 Å². The van der Waals surface area contributed by atoms with Gasteiger partial charge >= 0.3 is 0 Å². The molecule has 1 aliphatic heterocycles. The number of rotatable bonds is 6. The second-order valence-electron chi connectivity index (χ2n) is 6.33. The number of methoxy groups -OCH3 is 1. The first-order chi connectivity index (χ1) is 12.6. The number of amides is 1. The Morgan fingerprint density at radius 1 is 1.19 bits per heavy atom. The Labute approximate surface area is 152 Å². The Bertz CT molecular complexity index is 785. The van der Waals surface area contributed by atoms with E-state index in [9.17, 15) is 9.90 Å². The Morgan fingerprint density at radius 3 is 2.50 bits per heavy atom. The van der Waals surface area contributed by atoms with Crippen LogP contribution in [0, 0.1) is 0 Å². The van der Waals surface area contributed by atoms with E-state index in [4.69, 9.17) is 10.5 Å². The van der Waals surface area contributed by atoms with Gasteiger partial charge in [0.2, 0.25) is 5.91 Å². The Balaban J connectivity index is 1.69. The molecule has 1 amide bonds. The number of ether oxygens (including phenoxy) is 1. The smallest absolute Gasteiger partial charge is 0.223 e. The van der Waals surface area contributed by atoms with Crippen molar-refractivity contribution >= 4 is 11.7 Å². The van der Waals surface area contributed by atoms with Gasteiger partial charge in [0.15, 0.2) is 0 Å². The third kappa shape index (κ3) is 4.14. The minimum absolute atomic E-state index is 0.0913. The van der Waals surface area contributed by atoms with E-state index in [0.29, 0.717) is 31.8 Å². The summed E-state index contributed by atoms with van der Waals surface area (Å²) in [5.74, 6) is 1.57. The maximum Gasteiger partial charge on any atom is 0.223 e. The van der Waals surface area contributed by atoms with Crippen molar-refractivity contribution in [3.8, 4) is 11.5 Å². The van der Waals surface area contributed by atoms with Crippen LogP contribution in [-0.2, 0) is 17.9 Å². The fraction of sp³-hybridized carbons (Fsp3) is 0.300. The van der Waals surface area contributed by atoms with Crippen molar-refractivity contribution in [3.63, 3.8) is 0 Å². The van der Waals surface area contributed by atoms with E-state index in [1.54, 1.807) is 36.3 Å². The highest BCUT2D eigenvalue weighted by Crippen LogP contribution is 2.23. The van der Waals surface area contributed by atoms with Crippen molar-refractivity contribution in [1.82, 2.24) is 4.90 Å². The van der Waals surface area contributed by atoms with Crippen LogP contribution in [0.1, 0.15) is 24.0 Å². The zero-order valence-corrected chi connectivity index (χ0v) is 14.8. The van der Waals surface area contributed by atoms with E-state index >= 15 is 0 Å². The summed E-state index contributed by atoms with van der Waals surface area (Å²) in [5.41, 5.74) is 8.18. The molecule has 1 atom stereocenters. The summed E-state index contributed by atoms with van der Waals surface area (Å²) in [6.45, 7) is 0.927. The van der Waals surface area contributed by atoms with Gasteiger partial charge in [-0.15, -0.1) is 0 Å². The van der Waals surface area contributed by atoms with E-state index < -0.39 is 0 Å². The molecular formula is C20H23N3O3. The minimum Gasteiger partial charge on any atom is -0.508 e. The van der Waals surface area contributed by atoms with Crippen molar-refractivity contribution in [2.75, 3.05) is 7.11 Å². The maximum atomic E-state index is 12.3. The number of carbonyl (C=O) groups excluding carboxylic acids is 1. The molecule has 0 spiro atoms. The van der Waals surface area contributed by atoms with E-state index in [-0.39, 0.29) is 17.7 Å². The van der Waals surface area contributed by atoms with Crippen LogP contribution in [-0.4, -0.2) is 34.9 Å². The topological polar surface area (TPSA) is 88.2 Å². The Kier molecular flexibility index (Phi) is 5.41. The van der Waals surface area contributed by atoms with Crippen LogP contribution in [0.5, 0.6) is 11.5 Å². The van der Waals surface area contributed by atoms with Crippen molar-refractivity contribution in [2.24, 2.45) is 10.7 Å². The fourth-order valence-corrected chi connectivity index (χ4v) is 3.06. The summed E-state index contributed by atoms with van der Waals surface area (Å²) >= 11 is 0. The summed E-state index contributed by atoms with van der Waals surface area (Å²) < 4.78 is 5.17. The zero-order valence-electron chi connectivity index (χ0n) is 14.8. The molecule has 6 nitrogen and oxygen atoms in total. The quantitative estimate of drug-likeness (QED) is 0.617. The number of amidine groups is 1. The maximum absolute atomic E-state index is 12.3. The van der Waals surface area contributed by atoms with Crippen molar-refractivity contribution in [2.45, 2.75) is 32.0 Å². The fourth-order valence-electron chi connectivity index (χ4n) is 3.06. The zero-order chi connectivity index (χ0) is 18.5. The Hall–Kier alpha value is -3.02. The van der Waals surface area contributed by atoms with Crippen LogP contribution in [0.2, 0.25) is 0 Å². The molecule has 0 unspecified atom stereocenters. The van der Waals surface area contributed by atoms with Crippen LogP contribution in [0.25, 0.3) is 0 Å². The van der Waals surface area contributed by atoms with Gasteiger partial charge in [0.05, 0.1) is 19.7 Å². The number of benzene rings is 2. The molecule has 0 aromatic heterocycles. The van der Waals surface area contributed by atoms with Crippen LogP contribution < -0.4 is 10.5 Å². The molecule has 0 radical (unpaired) electrons. The molecule has 0 bridgehead atoms. The number of carbonyl (C=O) groups is 1. The van der Waals surface area contributed by atoms with Crippen molar-refractivity contribution < 1.29 is 14.6 Å². The standard InChI is InChI=1S/C20H23N3O3/c1-26-17-8-4-15(5-9-17)13-23-18(10-11-19(23)25)20(21)22-12-14-2-6-16(24)7-3-14/h2-9,18,24H,10-13H2,1H3,(H2,21,22)/t18-/m0/s1. The van der Waals surface area contributed by atoms with Gasteiger partial charge in [-0.25, -0.2) is 0 Å². The summed E-state index contributed by atoms with van der Waals surface area (Å²) in [6, 6.07) is 14.3. The third-order valence-electron chi connectivity index (χ3n) is 4.56. The number of nitrogens with two attached hydrogens (primary N) is 1. The second kappa shape index (κ2) is 7.91. The number of likely N-dealkylation sites (tertiary alicyclic amines) is 1. The monoisotopic (exact) mass is 353 g/mol. The summed E-state index contributed by atoms with van der Waals surface area (Å²) in [6.07, 6.45) is 1.16.